The van der Waals surface area contributed by atoms with Crippen LogP contribution >= 0.6 is 0 Å². The van der Waals surface area contributed by atoms with Gasteiger partial charge < -0.3 is 21.3 Å². The molecule has 2 aromatic carbocycles. The Kier molecular flexibility index (Phi) is 8.46. The number of aryl methyl sites for hydroxylation is 3. The Labute approximate surface area is 225 Å². The molecular formula is C29H40N8O. The first kappa shape index (κ1) is 27.3. The third-order valence-corrected chi connectivity index (χ3v) is 6.87. The van der Waals surface area contributed by atoms with Crippen molar-refractivity contribution in [2.75, 3.05) is 42.2 Å². The van der Waals surface area contributed by atoms with Crippen LogP contribution in [0.25, 0.3) is 0 Å². The average molecular weight is 517 g/mol. The minimum absolute atomic E-state index is 0.235. The van der Waals surface area contributed by atoms with Crippen molar-refractivity contribution >= 4 is 29.4 Å². The van der Waals surface area contributed by atoms with Gasteiger partial charge in [0.25, 0.3) is 0 Å². The lowest BCUT2D eigenvalue weighted by molar-refractivity contribution is 0.100. The molecule has 3 aromatic rings. The molecule has 9 nitrogen and oxygen atoms in total. The van der Waals surface area contributed by atoms with Crippen LogP contribution < -0.4 is 21.3 Å². The molecule has 0 radical (unpaired) electrons. The van der Waals surface area contributed by atoms with Crippen LogP contribution in [0.3, 0.4) is 0 Å². The maximum Gasteiger partial charge on any atom is 0.248 e. The second kappa shape index (κ2) is 11.8. The Morgan fingerprint density at radius 3 is 2.55 bits per heavy atom. The zero-order chi connectivity index (χ0) is 27.4. The van der Waals surface area contributed by atoms with E-state index in [1.807, 2.05) is 24.9 Å². The monoisotopic (exact) mass is 516 g/mol. The number of hydrogen-bond acceptors (Lipinski definition) is 8. The quantitative estimate of drug-likeness (QED) is 0.363. The third-order valence-electron chi connectivity index (χ3n) is 6.87. The molecule has 1 fully saturated rings. The average Bonchev–Trinajstić information content (AvgIpc) is 3.28. The number of nitrogens with one attached hydrogen (secondary N) is 2. The molecule has 1 aliphatic rings. The number of primary amides is 1. The lowest BCUT2D eigenvalue weighted by Gasteiger charge is -2.22. The summed E-state index contributed by atoms with van der Waals surface area (Å²) >= 11 is 0. The van der Waals surface area contributed by atoms with E-state index in [-0.39, 0.29) is 6.04 Å². The number of rotatable bonds is 10. The Hall–Kier alpha value is -3.72. The van der Waals surface area contributed by atoms with Crippen molar-refractivity contribution in [2.45, 2.75) is 53.6 Å². The van der Waals surface area contributed by atoms with Crippen LogP contribution in [0.1, 0.15) is 52.9 Å². The van der Waals surface area contributed by atoms with Gasteiger partial charge in [0, 0.05) is 50.5 Å². The number of aromatic nitrogens is 3. The van der Waals surface area contributed by atoms with Gasteiger partial charge in [0.1, 0.15) is 0 Å². The van der Waals surface area contributed by atoms with Crippen molar-refractivity contribution in [1.82, 2.24) is 19.9 Å². The van der Waals surface area contributed by atoms with E-state index in [9.17, 15) is 4.79 Å². The second-order valence-corrected chi connectivity index (χ2v) is 10.9. The minimum atomic E-state index is -0.477. The number of benzene rings is 2. The number of carbonyl (C=O) groups is 1. The molecule has 1 amide bonds. The Bertz CT molecular complexity index is 1290. The molecule has 0 spiro atoms. The summed E-state index contributed by atoms with van der Waals surface area (Å²) < 4.78 is 0. The van der Waals surface area contributed by atoms with Crippen LogP contribution in [0.2, 0.25) is 0 Å². The number of nitrogens with zero attached hydrogens (tertiary/aromatic N) is 5. The lowest BCUT2D eigenvalue weighted by atomic mass is 10.1. The van der Waals surface area contributed by atoms with Crippen molar-refractivity contribution < 1.29 is 4.79 Å². The summed E-state index contributed by atoms with van der Waals surface area (Å²) in [5.41, 5.74) is 11.6. The molecule has 9 heteroatoms. The summed E-state index contributed by atoms with van der Waals surface area (Å²) in [7, 11) is 1.99. The van der Waals surface area contributed by atoms with Crippen molar-refractivity contribution in [3.8, 4) is 0 Å². The van der Waals surface area contributed by atoms with Crippen LogP contribution in [0, 0.1) is 26.7 Å². The summed E-state index contributed by atoms with van der Waals surface area (Å²) in [5, 5.41) is 6.84. The summed E-state index contributed by atoms with van der Waals surface area (Å²) in [6, 6.07) is 12.2. The molecule has 0 aliphatic carbocycles. The number of anilines is 4. The van der Waals surface area contributed by atoms with Gasteiger partial charge in [0.15, 0.2) is 0 Å². The van der Waals surface area contributed by atoms with E-state index in [0.717, 1.165) is 43.9 Å². The zero-order valence-corrected chi connectivity index (χ0v) is 23.4. The molecule has 4 rings (SSSR count). The van der Waals surface area contributed by atoms with Crippen molar-refractivity contribution in [3.05, 3.63) is 64.2 Å². The molecular weight excluding hydrogens is 476 g/mol. The maximum absolute atomic E-state index is 11.7. The number of hydrogen-bond donors (Lipinski definition) is 3. The fourth-order valence-corrected chi connectivity index (χ4v) is 4.86. The first-order valence-corrected chi connectivity index (χ1v) is 13.3. The van der Waals surface area contributed by atoms with Gasteiger partial charge in [-0.3, -0.25) is 9.69 Å². The van der Waals surface area contributed by atoms with Crippen LogP contribution in [-0.4, -0.2) is 58.5 Å². The van der Waals surface area contributed by atoms with E-state index in [2.05, 4.69) is 66.4 Å². The van der Waals surface area contributed by atoms with Gasteiger partial charge in [0.2, 0.25) is 23.8 Å². The lowest BCUT2D eigenvalue weighted by Crippen LogP contribution is -2.28. The van der Waals surface area contributed by atoms with Crippen LogP contribution in [0.15, 0.2) is 36.4 Å². The highest BCUT2D eigenvalue weighted by molar-refractivity contribution is 5.94. The molecule has 1 saturated heterocycles. The van der Waals surface area contributed by atoms with Gasteiger partial charge in [-0.2, -0.15) is 15.0 Å². The summed E-state index contributed by atoms with van der Waals surface area (Å²) in [6.45, 7) is 14.3. The Balaban J connectivity index is 1.53. The molecule has 1 atom stereocenters. The van der Waals surface area contributed by atoms with Gasteiger partial charge >= 0.3 is 0 Å². The van der Waals surface area contributed by atoms with E-state index in [4.69, 9.17) is 15.7 Å². The van der Waals surface area contributed by atoms with E-state index < -0.39 is 5.91 Å². The summed E-state index contributed by atoms with van der Waals surface area (Å²) in [4.78, 5) is 30.4. The third kappa shape index (κ3) is 6.98. The van der Waals surface area contributed by atoms with Crippen LogP contribution in [0.5, 0.6) is 0 Å². The zero-order valence-electron chi connectivity index (χ0n) is 23.4. The SMILES string of the molecule is Cc1ccc(CN2CC[C@H](Nc3nc(Nc4cc(C(N)=O)ccc4C)nc(N(C)CC(C)C)n3)C2)c(C)c1. The van der Waals surface area contributed by atoms with Gasteiger partial charge in [-0.15, -0.1) is 0 Å². The number of likely N-dealkylation sites (tertiary alicyclic amines) is 1. The van der Waals surface area contributed by atoms with E-state index in [1.165, 1.54) is 16.7 Å². The molecule has 0 unspecified atom stereocenters. The smallest absolute Gasteiger partial charge is 0.248 e. The van der Waals surface area contributed by atoms with E-state index >= 15 is 0 Å². The number of nitrogens with two attached hydrogens (primary N) is 1. The fraction of sp³-hybridized carbons (Fsp3) is 0.448. The van der Waals surface area contributed by atoms with Gasteiger partial charge in [-0.05, 0) is 61.9 Å². The van der Waals surface area contributed by atoms with E-state index in [0.29, 0.717) is 29.3 Å². The molecule has 1 aliphatic heterocycles. The van der Waals surface area contributed by atoms with Gasteiger partial charge in [-0.1, -0.05) is 43.7 Å². The minimum Gasteiger partial charge on any atom is -0.366 e. The second-order valence-electron chi connectivity index (χ2n) is 10.9. The Morgan fingerprint density at radius 2 is 1.84 bits per heavy atom. The number of carbonyl (C=O) groups excluding carboxylic acids is 1. The molecule has 38 heavy (non-hydrogen) atoms. The predicted octanol–water partition coefficient (Wildman–Crippen LogP) is 4.42. The first-order chi connectivity index (χ1) is 18.1. The molecule has 4 N–H and O–H groups in total. The first-order valence-electron chi connectivity index (χ1n) is 13.3. The van der Waals surface area contributed by atoms with Crippen molar-refractivity contribution in [3.63, 3.8) is 0 Å². The highest BCUT2D eigenvalue weighted by Gasteiger charge is 2.24. The summed E-state index contributed by atoms with van der Waals surface area (Å²) in [5.74, 6) is 1.52. The normalized spacial score (nSPS) is 15.6. The molecule has 0 bridgehead atoms. The summed E-state index contributed by atoms with van der Waals surface area (Å²) in [6.07, 6.45) is 1.01. The fourth-order valence-electron chi connectivity index (χ4n) is 4.86. The molecule has 0 saturated carbocycles. The Morgan fingerprint density at radius 1 is 1.08 bits per heavy atom. The largest absolute Gasteiger partial charge is 0.366 e. The van der Waals surface area contributed by atoms with Crippen LogP contribution in [0.4, 0.5) is 23.5 Å². The van der Waals surface area contributed by atoms with Crippen LogP contribution in [-0.2, 0) is 6.54 Å². The van der Waals surface area contributed by atoms with Crippen molar-refractivity contribution in [2.24, 2.45) is 11.7 Å². The van der Waals surface area contributed by atoms with Gasteiger partial charge in [0.05, 0.1) is 0 Å². The van der Waals surface area contributed by atoms with E-state index in [1.54, 1.807) is 12.1 Å². The highest BCUT2D eigenvalue weighted by Crippen LogP contribution is 2.24. The maximum atomic E-state index is 11.7. The molecule has 1 aromatic heterocycles. The number of amides is 1. The highest BCUT2D eigenvalue weighted by atomic mass is 16.1. The molecule has 202 valence electrons. The molecule has 2 heterocycles. The van der Waals surface area contributed by atoms with Gasteiger partial charge in [-0.25, -0.2) is 0 Å². The standard InChI is InChI=1S/C29H40N8O/c1-18(2)15-36(6)29-34-27(33-28(35-29)32-25-14-22(26(30)38)10-8-20(25)4)31-24-11-12-37(17-24)16-23-9-7-19(3)13-21(23)5/h7-10,13-14,18,24H,11-12,15-17H2,1-6H3,(H2,30,38)(H2,31,32,33,34,35)/t24-/m0/s1. The topological polar surface area (TPSA) is 112 Å². The van der Waals surface area contributed by atoms with Crippen molar-refractivity contribution in [1.29, 1.82) is 0 Å². The predicted molar refractivity (Wildman–Crippen MR) is 154 cm³/mol.